The zero-order valence-electron chi connectivity index (χ0n) is 10.7. The maximum Gasteiger partial charge on any atom is 0.387 e. The van der Waals surface area contributed by atoms with Gasteiger partial charge in [-0.3, -0.25) is 0 Å². The standard InChI is InChI=1S/C14H15F2NOS/c1-9-3-8-13(19-9)10(2)17-11-4-6-12(7-5-11)18-14(15)16/h3-8,10,14,17H,1-2H3. The van der Waals surface area contributed by atoms with Crippen molar-refractivity contribution in [3.8, 4) is 5.75 Å². The Labute approximate surface area is 115 Å². The minimum absolute atomic E-state index is 0.167. The fourth-order valence-corrected chi connectivity index (χ4v) is 2.62. The number of benzene rings is 1. The molecule has 19 heavy (non-hydrogen) atoms. The zero-order valence-corrected chi connectivity index (χ0v) is 11.5. The van der Waals surface area contributed by atoms with E-state index in [1.54, 1.807) is 23.5 Å². The van der Waals surface area contributed by atoms with Crippen molar-refractivity contribution in [1.82, 2.24) is 0 Å². The third kappa shape index (κ3) is 3.92. The summed E-state index contributed by atoms with van der Waals surface area (Å²) in [5.41, 5.74) is 0.875. The summed E-state index contributed by atoms with van der Waals surface area (Å²) >= 11 is 1.74. The summed E-state index contributed by atoms with van der Waals surface area (Å²) in [6, 6.07) is 10.9. The van der Waals surface area contributed by atoms with E-state index < -0.39 is 6.61 Å². The Morgan fingerprint density at radius 1 is 1.11 bits per heavy atom. The normalized spacial score (nSPS) is 12.5. The topological polar surface area (TPSA) is 21.3 Å². The molecule has 0 fully saturated rings. The maximum atomic E-state index is 12.0. The number of ether oxygens (including phenoxy) is 1. The molecule has 2 aromatic rings. The van der Waals surface area contributed by atoms with Gasteiger partial charge in [-0.2, -0.15) is 8.78 Å². The molecule has 1 unspecified atom stereocenters. The fraction of sp³-hybridized carbons (Fsp3) is 0.286. The number of thiophene rings is 1. The summed E-state index contributed by atoms with van der Waals surface area (Å²) in [4.78, 5) is 2.51. The Balaban J connectivity index is 1.99. The second kappa shape index (κ2) is 6.02. The number of hydrogen-bond acceptors (Lipinski definition) is 3. The molecule has 1 aromatic heterocycles. The van der Waals surface area contributed by atoms with E-state index in [1.807, 2.05) is 0 Å². The van der Waals surface area contributed by atoms with E-state index in [9.17, 15) is 8.78 Å². The molecule has 102 valence electrons. The number of nitrogens with one attached hydrogen (secondary N) is 1. The Bertz CT molecular complexity index is 524. The maximum absolute atomic E-state index is 12.0. The van der Waals surface area contributed by atoms with Gasteiger partial charge in [-0.15, -0.1) is 11.3 Å². The van der Waals surface area contributed by atoms with Gasteiger partial charge in [0.1, 0.15) is 5.75 Å². The van der Waals surface area contributed by atoms with Crippen LogP contribution in [0.15, 0.2) is 36.4 Å². The third-order valence-electron chi connectivity index (χ3n) is 2.65. The SMILES string of the molecule is Cc1ccc(C(C)Nc2ccc(OC(F)F)cc2)s1. The summed E-state index contributed by atoms with van der Waals surface area (Å²) < 4.78 is 28.3. The van der Waals surface area contributed by atoms with Crippen LogP contribution in [0.25, 0.3) is 0 Å². The van der Waals surface area contributed by atoms with Gasteiger partial charge < -0.3 is 10.1 Å². The minimum Gasteiger partial charge on any atom is -0.435 e. The average Bonchev–Trinajstić information content (AvgIpc) is 2.78. The number of hydrogen-bond donors (Lipinski definition) is 1. The van der Waals surface area contributed by atoms with E-state index in [4.69, 9.17) is 0 Å². The third-order valence-corrected chi connectivity index (χ3v) is 3.83. The van der Waals surface area contributed by atoms with Gasteiger partial charge in [0, 0.05) is 15.4 Å². The molecule has 0 aliphatic carbocycles. The number of anilines is 1. The Hall–Kier alpha value is -1.62. The highest BCUT2D eigenvalue weighted by atomic mass is 32.1. The molecule has 0 aliphatic heterocycles. The predicted octanol–water partition coefficient (Wildman–Crippen LogP) is 4.83. The summed E-state index contributed by atoms with van der Waals surface area (Å²) in [5.74, 6) is 0.167. The van der Waals surface area contributed by atoms with Crippen LogP contribution in [-0.2, 0) is 0 Å². The van der Waals surface area contributed by atoms with Crippen LogP contribution in [0.3, 0.4) is 0 Å². The summed E-state index contributed by atoms with van der Waals surface area (Å²) in [7, 11) is 0. The fourth-order valence-electron chi connectivity index (χ4n) is 1.74. The lowest BCUT2D eigenvalue weighted by Crippen LogP contribution is -2.05. The largest absolute Gasteiger partial charge is 0.435 e. The van der Waals surface area contributed by atoms with Gasteiger partial charge in [0.05, 0.1) is 6.04 Å². The number of aryl methyl sites for hydroxylation is 1. The highest BCUT2D eigenvalue weighted by Crippen LogP contribution is 2.26. The van der Waals surface area contributed by atoms with Crippen molar-refractivity contribution in [1.29, 1.82) is 0 Å². The molecule has 1 N–H and O–H groups in total. The van der Waals surface area contributed by atoms with E-state index >= 15 is 0 Å². The number of halogens is 2. The minimum atomic E-state index is -2.79. The molecule has 2 nitrogen and oxygen atoms in total. The van der Waals surface area contributed by atoms with Crippen LogP contribution in [-0.4, -0.2) is 6.61 Å². The van der Waals surface area contributed by atoms with Crippen molar-refractivity contribution in [2.24, 2.45) is 0 Å². The Kier molecular flexibility index (Phi) is 4.37. The van der Waals surface area contributed by atoms with Crippen molar-refractivity contribution < 1.29 is 13.5 Å². The highest BCUT2D eigenvalue weighted by molar-refractivity contribution is 7.12. The average molecular weight is 283 g/mol. The molecule has 1 heterocycles. The van der Waals surface area contributed by atoms with Crippen LogP contribution in [0.1, 0.15) is 22.7 Å². The van der Waals surface area contributed by atoms with Gasteiger partial charge in [0.2, 0.25) is 0 Å². The first-order valence-electron chi connectivity index (χ1n) is 5.92. The molecule has 0 aliphatic rings. The quantitative estimate of drug-likeness (QED) is 0.848. The zero-order chi connectivity index (χ0) is 13.8. The first-order chi connectivity index (χ1) is 9.04. The van der Waals surface area contributed by atoms with Crippen LogP contribution >= 0.6 is 11.3 Å². The van der Waals surface area contributed by atoms with Gasteiger partial charge in [-0.05, 0) is 50.2 Å². The summed E-state index contributed by atoms with van der Waals surface area (Å²) in [5, 5.41) is 3.32. The second-order valence-electron chi connectivity index (χ2n) is 4.22. The van der Waals surface area contributed by atoms with Crippen molar-refractivity contribution in [3.05, 3.63) is 46.2 Å². The van der Waals surface area contributed by atoms with Crippen molar-refractivity contribution in [2.45, 2.75) is 26.5 Å². The Morgan fingerprint density at radius 2 is 1.79 bits per heavy atom. The molecule has 0 amide bonds. The van der Waals surface area contributed by atoms with Gasteiger partial charge in [0.15, 0.2) is 0 Å². The molecular weight excluding hydrogens is 268 g/mol. The molecule has 5 heteroatoms. The molecule has 0 saturated carbocycles. The highest BCUT2D eigenvalue weighted by Gasteiger charge is 2.08. The first-order valence-corrected chi connectivity index (χ1v) is 6.74. The van der Waals surface area contributed by atoms with Gasteiger partial charge >= 0.3 is 6.61 Å². The van der Waals surface area contributed by atoms with E-state index in [0.29, 0.717) is 0 Å². The molecule has 1 aromatic carbocycles. The van der Waals surface area contributed by atoms with E-state index in [0.717, 1.165) is 5.69 Å². The van der Waals surface area contributed by atoms with Crippen LogP contribution in [0.5, 0.6) is 5.75 Å². The van der Waals surface area contributed by atoms with Crippen LogP contribution < -0.4 is 10.1 Å². The van der Waals surface area contributed by atoms with Gasteiger partial charge in [-0.1, -0.05) is 0 Å². The molecule has 0 spiro atoms. The Morgan fingerprint density at radius 3 is 2.32 bits per heavy atom. The van der Waals surface area contributed by atoms with Gasteiger partial charge in [-0.25, -0.2) is 0 Å². The number of rotatable bonds is 5. The first kappa shape index (κ1) is 13.8. The van der Waals surface area contributed by atoms with Crippen molar-refractivity contribution in [2.75, 3.05) is 5.32 Å². The van der Waals surface area contributed by atoms with Crippen LogP contribution in [0.4, 0.5) is 14.5 Å². The summed E-state index contributed by atoms with van der Waals surface area (Å²) in [6.45, 7) is 1.35. The number of alkyl halides is 2. The summed E-state index contributed by atoms with van der Waals surface area (Å²) in [6.07, 6.45) is 0. The lowest BCUT2D eigenvalue weighted by molar-refractivity contribution is -0.0498. The van der Waals surface area contributed by atoms with E-state index in [2.05, 4.69) is 36.0 Å². The monoisotopic (exact) mass is 283 g/mol. The molecule has 2 rings (SSSR count). The lowest BCUT2D eigenvalue weighted by Gasteiger charge is -2.14. The second-order valence-corrected chi connectivity index (χ2v) is 5.54. The molecule has 0 radical (unpaired) electrons. The predicted molar refractivity (Wildman–Crippen MR) is 74.2 cm³/mol. The van der Waals surface area contributed by atoms with Crippen LogP contribution in [0, 0.1) is 6.92 Å². The smallest absolute Gasteiger partial charge is 0.387 e. The van der Waals surface area contributed by atoms with Crippen LogP contribution in [0.2, 0.25) is 0 Å². The lowest BCUT2D eigenvalue weighted by atomic mass is 10.2. The molecule has 0 saturated heterocycles. The van der Waals surface area contributed by atoms with E-state index in [1.165, 1.54) is 21.9 Å². The molecule has 0 bridgehead atoms. The van der Waals surface area contributed by atoms with Gasteiger partial charge in [0.25, 0.3) is 0 Å². The molecular formula is C14H15F2NOS. The van der Waals surface area contributed by atoms with Crippen molar-refractivity contribution >= 4 is 17.0 Å². The van der Waals surface area contributed by atoms with Crippen molar-refractivity contribution in [3.63, 3.8) is 0 Å². The molecule has 1 atom stereocenters. The van der Waals surface area contributed by atoms with E-state index in [-0.39, 0.29) is 11.8 Å².